The van der Waals surface area contributed by atoms with Crippen LogP contribution in [0.5, 0.6) is 5.75 Å². The smallest absolute Gasteiger partial charge is 0.410 e. The van der Waals surface area contributed by atoms with Gasteiger partial charge >= 0.3 is 12.1 Å². The molecular weight excluding hydrogens is 438 g/mol. The van der Waals surface area contributed by atoms with Crippen molar-refractivity contribution in [3.05, 3.63) is 23.5 Å². The zero-order valence-electron chi connectivity index (χ0n) is 19.7. The molecule has 2 saturated carbocycles. The highest BCUT2D eigenvalue weighted by atomic mass is 16.6. The Hall–Kier alpha value is -3.17. The minimum atomic E-state index is -0.759. The largest absolute Gasteiger partial charge is 0.489 e. The molecule has 1 amide bonds. The van der Waals surface area contributed by atoms with Crippen LogP contribution in [0.2, 0.25) is 0 Å². The standard InChI is InChI=1S/C24H31N5O5/c1-15-20(34-17-5-4-16(10-17)11-21(30)31)7-6-18(25-15)22-19(28(2)27-26-22)12-33-23(32)29-13-24(14-29)8-3-9-24/h6-7,16-17H,3-5,8-14H2,1-2H3,(H,30,31)/t16-,17-/m0/s1. The molecule has 1 spiro atoms. The zero-order valence-corrected chi connectivity index (χ0v) is 19.7. The van der Waals surface area contributed by atoms with E-state index in [4.69, 9.17) is 14.6 Å². The summed E-state index contributed by atoms with van der Waals surface area (Å²) in [5.74, 6) is 0.0881. The number of aliphatic carboxylic acids is 1. The second kappa shape index (κ2) is 8.88. The average Bonchev–Trinajstić information content (AvgIpc) is 3.31. The van der Waals surface area contributed by atoms with Gasteiger partial charge in [0.2, 0.25) is 0 Å². The van der Waals surface area contributed by atoms with Gasteiger partial charge in [-0.1, -0.05) is 11.6 Å². The Morgan fingerprint density at radius 2 is 2.03 bits per heavy atom. The van der Waals surface area contributed by atoms with Gasteiger partial charge < -0.3 is 19.5 Å². The van der Waals surface area contributed by atoms with Crippen molar-refractivity contribution in [2.45, 2.75) is 64.6 Å². The first kappa shape index (κ1) is 22.6. The number of aryl methyl sites for hydroxylation is 2. The lowest BCUT2D eigenvalue weighted by Crippen LogP contribution is -2.61. The molecule has 5 rings (SSSR count). The fourth-order valence-corrected chi connectivity index (χ4v) is 5.40. The summed E-state index contributed by atoms with van der Waals surface area (Å²) in [7, 11) is 1.77. The van der Waals surface area contributed by atoms with Crippen LogP contribution < -0.4 is 4.74 Å². The lowest BCUT2D eigenvalue weighted by Gasteiger charge is -2.55. The molecule has 3 heterocycles. The van der Waals surface area contributed by atoms with Crippen molar-refractivity contribution >= 4 is 12.1 Å². The molecule has 2 aromatic rings. The van der Waals surface area contributed by atoms with E-state index in [1.165, 1.54) is 19.3 Å². The van der Waals surface area contributed by atoms with E-state index in [-0.39, 0.29) is 31.1 Å². The number of amides is 1. The summed E-state index contributed by atoms with van der Waals surface area (Å²) in [5, 5.41) is 17.4. The third-order valence-corrected chi connectivity index (χ3v) is 7.53. The predicted molar refractivity (Wildman–Crippen MR) is 121 cm³/mol. The lowest BCUT2D eigenvalue weighted by atomic mass is 9.64. The molecule has 1 N–H and O–H groups in total. The minimum absolute atomic E-state index is 0.00257. The second-order valence-electron chi connectivity index (χ2n) is 10.1. The Bertz CT molecular complexity index is 1090. The van der Waals surface area contributed by atoms with Gasteiger partial charge in [0.25, 0.3) is 0 Å². The van der Waals surface area contributed by atoms with E-state index in [9.17, 15) is 9.59 Å². The van der Waals surface area contributed by atoms with Crippen LogP contribution in [0.4, 0.5) is 4.79 Å². The highest BCUT2D eigenvalue weighted by Gasteiger charge is 2.49. The molecule has 0 aromatic carbocycles. The fraction of sp³-hybridized carbons (Fsp3) is 0.625. The van der Waals surface area contributed by atoms with Crippen molar-refractivity contribution in [1.29, 1.82) is 0 Å². The molecule has 0 unspecified atom stereocenters. The van der Waals surface area contributed by atoms with Crippen molar-refractivity contribution < 1.29 is 24.2 Å². The van der Waals surface area contributed by atoms with Crippen molar-refractivity contribution in [1.82, 2.24) is 24.9 Å². The third-order valence-electron chi connectivity index (χ3n) is 7.53. The summed E-state index contributed by atoms with van der Waals surface area (Å²) in [6.07, 6.45) is 6.02. The van der Waals surface area contributed by atoms with Gasteiger partial charge in [0.05, 0.1) is 17.5 Å². The van der Waals surface area contributed by atoms with Gasteiger partial charge in [-0.15, -0.1) is 5.10 Å². The Kier molecular flexibility index (Phi) is 5.91. The molecule has 10 nitrogen and oxygen atoms in total. The predicted octanol–water partition coefficient (Wildman–Crippen LogP) is 3.33. The summed E-state index contributed by atoms with van der Waals surface area (Å²) < 4.78 is 13.3. The van der Waals surface area contributed by atoms with Crippen molar-refractivity contribution in [3.8, 4) is 17.1 Å². The van der Waals surface area contributed by atoms with Crippen LogP contribution in [-0.2, 0) is 23.2 Å². The number of carboxylic acid groups (broad SMARTS) is 1. The molecule has 1 saturated heterocycles. The summed E-state index contributed by atoms with van der Waals surface area (Å²) in [5.41, 5.74) is 2.97. The summed E-state index contributed by atoms with van der Waals surface area (Å²) >= 11 is 0. The van der Waals surface area contributed by atoms with Crippen LogP contribution >= 0.6 is 0 Å². The van der Waals surface area contributed by atoms with Gasteiger partial charge in [0, 0.05) is 32.0 Å². The Morgan fingerprint density at radius 1 is 1.24 bits per heavy atom. The first-order chi connectivity index (χ1) is 16.3. The Labute approximate surface area is 198 Å². The molecule has 10 heteroatoms. The highest BCUT2D eigenvalue weighted by Crippen LogP contribution is 2.48. The second-order valence-corrected chi connectivity index (χ2v) is 10.1. The van der Waals surface area contributed by atoms with E-state index in [0.717, 1.165) is 38.0 Å². The van der Waals surface area contributed by atoms with Crippen molar-refractivity contribution in [3.63, 3.8) is 0 Å². The maximum Gasteiger partial charge on any atom is 0.410 e. The number of carbonyl (C=O) groups is 2. The summed E-state index contributed by atoms with van der Waals surface area (Å²) in [4.78, 5) is 29.8. The number of carbonyl (C=O) groups excluding carboxylic acids is 1. The number of ether oxygens (including phenoxy) is 2. The van der Waals surface area contributed by atoms with Crippen LogP contribution in [-0.4, -0.2) is 61.2 Å². The topological polar surface area (TPSA) is 120 Å². The molecule has 0 bridgehead atoms. The van der Waals surface area contributed by atoms with Gasteiger partial charge in [-0.2, -0.15) is 0 Å². The maximum atomic E-state index is 12.4. The highest BCUT2D eigenvalue weighted by molar-refractivity contribution is 5.69. The van der Waals surface area contributed by atoms with Crippen LogP contribution in [0.3, 0.4) is 0 Å². The van der Waals surface area contributed by atoms with E-state index in [2.05, 4.69) is 15.3 Å². The first-order valence-electron chi connectivity index (χ1n) is 12.0. The zero-order chi connectivity index (χ0) is 23.9. The molecule has 3 fully saturated rings. The molecule has 0 radical (unpaired) electrons. The van der Waals surface area contributed by atoms with Gasteiger partial charge in [0.15, 0.2) is 0 Å². The van der Waals surface area contributed by atoms with Gasteiger partial charge in [0.1, 0.15) is 23.7 Å². The van der Waals surface area contributed by atoms with Gasteiger partial charge in [-0.25, -0.2) is 14.5 Å². The van der Waals surface area contributed by atoms with Crippen LogP contribution in [0.1, 0.15) is 56.3 Å². The molecule has 182 valence electrons. The Balaban J connectivity index is 1.21. The number of hydrogen-bond acceptors (Lipinski definition) is 7. The van der Waals surface area contributed by atoms with Gasteiger partial charge in [-0.05, 0) is 57.1 Å². The molecule has 34 heavy (non-hydrogen) atoms. The number of hydrogen-bond donors (Lipinski definition) is 1. The van der Waals surface area contributed by atoms with Crippen LogP contribution in [0.15, 0.2) is 12.1 Å². The van der Waals surface area contributed by atoms with E-state index in [1.807, 2.05) is 19.1 Å². The van der Waals surface area contributed by atoms with E-state index in [1.54, 1.807) is 16.6 Å². The third kappa shape index (κ3) is 4.45. The van der Waals surface area contributed by atoms with E-state index in [0.29, 0.717) is 28.2 Å². The van der Waals surface area contributed by atoms with Crippen molar-refractivity contribution in [2.24, 2.45) is 18.4 Å². The molecule has 2 aliphatic carbocycles. The van der Waals surface area contributed by atoms with E-state index >= 15 is 0 Å². The van der Waals surface area contributed by atoms with Crippen molar-refractivity contribution in [2.75, 3.05) is 13.1 Å². The number of aromatic nitrogens is 4. The lowest BCUT2D eigenvalue weighted by molar-refractivity contribution is -0.138. The minimum Gasteiger partial charge on any atom is -0.489 e. The summed E-state index contributed by atoms with van der Waals surface area (Å²) in [6.45, 7) is 3.54. The number of carboxylic acids is 1. The van der Waals surface area contributed by atoms with Crippen LogP contribution in [0.25, 0.3) is 11.4 Å². The quantitative estimate of drug-likeness (QED) is 0.656. The monoisotopic (exact) mass is 469 g/mol. The average molecular weight is 470 g/mol. The SMILES string of the molecule is Cc1nc(-c2nnn(C)c2COC(=O)N2CC3(CCC3)C2)ccc1O[C@H]1CC[C@H](CC(=O)O)C1. The maximum absolute atomic E-state index is 12.4. The molecule has 3 aliphatic rings. The molecule has 2 atom stereocenters. The summed E-state index contributed by atoms with van der Waals surface area (Å²) in [6, 6.07) is 3.70. The molecular formula is C24H31N5O5. The molecule has 2 aromatic heterocycles. The number of likely N-dealkylation sites (tertiary alicyclic amines) is 1. The number of nitrogens with zero attached hydrogens (tertiary/aromatic N) is 5. The normalized spacial score (nSPS) is 22.8. The first-order valence-corrected chi connectivity index (χ1v) is 12.0. The number of rotatable bonds is 7. The van der Waals surface area contributed by atoms with Gasteiger partial charge in [-0.3, -0.25) is 4.79 Å². The fourth-order valence-electron chi connectivity index (χ4n) is 5.40. The Morgan fingerprint density at radius 3 is 2.71 bits per heavy atom. The molecule has 1 aliphatic heterocycles. The van der Waals surface area contributed by atoms with E-state index < -0.39 is 5.97 Å². The van der Waals surface area contributed by atoms with Crippen LogP contribution in [0, 0.1) is 18.3 Å². The number of pyridine rings is 1.